The van der Waals surface area contributed by atoms with Crippen LogP contribution in [0.3, 0.4) is 0 Å². The summed E-state index contributed by atoms with van der Waals surface area (Å²) in [5, 5.41) is 6.64. The number of nitrogens with zero attached hydrogens (tertiary/aromatic N) is 3. The summed E-state index contributed by atoms with van der Waals surface area (Å²) in [5.41, 5.74) is 2.26. The number of aromatic nitrogens is 2. The molecule has 28 heavy (non-hydrogen) atoms. The van der Waals surface area contributed by atoms with Crippen molar-refractivity contribution < 1.29 is 9.59 Å². The van der Waals surface area contributed by atoms with Gasteiger partial charge < -0.3 is 15.5 Å². The minimum Gasteiger partial charge on any atom is -0.344 e. The van der Waals surface area contributed by atoms with Crippen molar-refractivity contribution in [2.24, 2.45) is 0 Å². The van der Waals surface area contributed by atoms with Crippen LogP contribution in [0.5, 0.6) is 0 Å². The maximum Gasteiger partial charge on any atom is 0.247 e. The van der Waals surface area contributed by atoms with E-state index in [2.05, 4.69) is 25.5 Å². The van der Waals surface area contributed by atoms with Crippen LogP contribution in [0.2, 0.25) is 0 Å². The fraction of sp³-hybridized carbons (Fsp3) is 0.238. The second-order valence-electron chi connectivity index (χ2n) is 6.81. The summed E-state index contributed by atoms with van der Waals surface area (Å²) in [6.07, 6.45) is 3.25. The first-order valence-electron chi connectivity index (χ1n) is 9.27. The monoisotopic (exact) mass is 375 g/mol. The average molecular weight is 375 g/mol. The molecule has 2 amide bonds. The van der Waals surface area contributed by atoms with Gasteiger partial charge in [-0.3, -0.25) is 9.59 Å². The van der Waals surface area contributed by atoms with E-state index < -0.39 is 0 Å². The lowest BCUT2D eigenvalue weighted by Crippen LogP contribution is -2.40. The van der Waals surface area contributed by atoms with Gasteiger partial charge in [0.15, 0.2) is 0 Å². The van der Waals surface area contributed by atoms with E-state index in [0.717, 1.165) is 36.1 Å². The maximum atomic E-state index is 12.9. The molecule has 0 saturated carbocycles. The molecule has 1 aliphatic rings. The smallest absolute Gasteiger partial charge is 0.247 e. The standard InChI is InChI=1S/C21H21N5O2/c1-14(27)24-15-8-10-16(11-9-15)25-21(28)19-7-4-12-26(19)20-17-5-2-3-6-18(17)22-13-23-20/h2-3,5-6,8-11,13,19H,4,7,12H2,1H3,(H,24,27)(H,25,28)/t19-/m1/s1. The highest BCUT2D eigenvalue weighted by Crippen LogP contribution is 2.30. The van der Waals surface area contributed by atoms with Gasteiger partial charge in [0.1, 0.15) is 18.2 Å². The van der Waals surface area contributed by atoms with Crippen LogP contribution >= 0.6 is 0 Å². The number of anilines is 3. The molecule has 0 bridgehead atoms. The zero-order chi connectivity index (χ0) is 19.5. The molecule has 0 unspecified atom stereocenters. The first-order valence-corrected chi connectivity index (χ1v) is 9.27. The average Bonchev–Trinajstić information content (AvgIpc) is 3.18. The molecule has 1 aromatic heterocycles. The molecule has 1 saturated heterocycles. The predicted octanol–water partition coefficient (Wildman–Crippen LogP) is 3.20. The van der Waals surface area contributed by atoms with Gasteiger partial charge in [0, 0.05) is 30.2 Å². The molecule has 0 spiro atoms. The molecule has 2 N–H and O–H groups in total. The van der Waals surface area contributed by atoms with Crippen molar-refractivity contribution in [3.05, 3.63) is 54.9 Å². The minimum atomic E-state index is -0.284. The Hall–Kier alpha value is -3.48. The fourth-order valence-electron chi connectivity index (χ4n) is 3.58. The van der Waals surface area contributed by atoms with E-state index in [1.165, 1.54) is 6.92 Å². The Morgan fingerprint density at radius 1 is 1.00 bits per heavy atom. The number of carbonyl (C=O) groups excluding carboxylic acids is 2. The van der Waals surface area contributed by atoms with Gasteiger partial charge in [0.25, 0.3) is 0 Å². The van der Waals surface area contributed by atoms with E-state index in [0.29, 0.717) is 11.4 Å². The summed E-state index contributed by atoms with van der Waals surface area (Å²) in [4.78, 5) is 34.9. The molecule has 1 aliphatic heterocycles. The summed E-state index contributed by atoms with van der Waals surface area (Å²) < 4.78 is 0. The van der Waals surface area contributed by atoms with Crippen molar-refractivity contribution in [3.63, 3.8) is 0 Å². The van der Waals surface area contributed by atoms with Gasteiger partial charge in [0.2, 0.25) is 11.8 Å². The van der Waals surface area contributed by atoms with E-state index in [4.69, 9.17) is 0 Å². The summed E-state index contributed by atoms with van der Waals surface area (Å²) in [7, 11) is 0. The Bertz CT molecular complexity index is 1010. The first-order chi connectivity index (χ1) is 13.6. The van der Waals surface area contributed by atoms with Gasteiger partial charge in [-0.15, -0.1) is 0 Å². The zero-order valence-corrected chi connectivity index (χ0v) is 15.6. The second-order valence-corrected chi connectivity index (χ2v) is 6.81. The molecule has 1 atom stereocenters. The highest BCUT2D eigenvalue weighted by Gasteiger charge is 2.32. The summed E-state index contributed by atoms with van der Waals surface area (Å²) in [6.45, 7) is 2.24. The second kappa shape index (κ2) is 7.64. The minimum absolute atomic E-state index is 0.0625. The Kier molecular flexibility index (Phi) is 4.89. The topological polar surface area (TPSA) is 87.2 Å². The van der Waals surface area contributed by atoms with Crippen LogP contribution in [-0.4, -0.2) is 34.4 Å². The van der Waals surface area contributed by atoms with E-state index in [1.54, 1.807) is 30.6 Å². The number of carbonyl (C=O) groups is 2. The molecule has 4 rings (SSSR count). The lowest BCUT2D eigenvalue weighted by molar-refractivity contribution is -0.117. The third-order valence-corrected chi connectivity index (χ3v) is 4.82. The van der Waals surface area contributed by atoms with E-state index in [-0.39, 0.29) is 17.9 Å². The van der Waals surface area contributed by atoms with Crippen LogP contribution in [0.4, 0.5) is 17.2 Å². The third kappa shape index (κ3) is 3.64. The summed E-state index contributed by atoms with van der Waals surface area (Å²) >= 11 is 0. The molecular weight excluding hydrogens is 354 g/mol. The molecule has 2 heterocycles. The van der Waals surface area contributed by atoms with Gasteiger partial charge in [-0.1, -0.05) is 12.1 Å². The zero-order valence-electron chi connectivity index (χ0n) is 15.6. The Morgan fingerprint density at radius 2 is 1.71 bits per heavy atom. The number of amides is 2. The highest BCUT2D eigenvalue weighted by atomic mass is 16.2. The van der Waals surface area contributed by atoms with Gasteiger partial charge >= 0.3 is 0 Å². The van der Waals surface area contributed by atoms with Crippen LogP contribution in [-0.2, 0) is 9.59 Å². The van der Waals surface area contributed by atoms with Crippen molar-refractivity contribution in [1.29, 1.82) is 0 Å². The van der Waals surface area contributed by atoms with Crippen molar-refractivity contribution in [3.8, 4) is 0 Å². The van der Waals surface area contributed by atoms with E-state index in [1.807, 2.05) is 24.3 Å². The predicted molar refractivity (Wildman–Crippen MR) is 109 cm³/mol. The van der Waals surface area contributed by atoms with Gasteiger partial charge in [0.05, 0.1) is 5.52 Å². The van der Waals surface area contributed by atoms with Gasteiger partial charge in [-0.25, -0.2) is 9.97 Å². The Labute approximate surface area is 162 Å². The van der Waals surface area contributed by atoms with Crippen molar-refractivity contribution in [2.45, 2.75) is 25.8 Å². The normalized spacial score (nSPS) is 16.2. The Morgan fingerprint density at radius 3 is 2.46 bits per heavy atom. The van der Waals surface area contributed by atoms with Gasteiger partial charge in [-0.2, -0.15) is 0 Å². The lowest BCUT2D eigenvalue weighted by Gasteiger charge is -2.25. The van der Waals surface area contributed by atoms with Gasteiger partial charge in [-0.05, 0) is 49.2 Å². The number of rotatable bonds is 4. The number of fused-ring (bicyclic) bond motifs is 1. The molecule has 7 heteroatoms. The van der Waals surface area contributed by atoms with Crippen LogP contribution in [0, 0.1) is 0 Å². The summed E-state index contributed by atoms with van der Waals surface area (Å²) in [5.74, 6) is 0.604. The quantitative estimate of drug-likeness (QED) is 0.731. The number of nitrogens with one attached hydrogen (secondary N) is 2. The Balaban J connectivity index is 1.53. The molecule has 142 valence electrons. The molecule has 0 radical (unpaired) electrons. The van der Waals surface area contributed by atoms with Crippen molar-refractivity contribution >= 4 is 39.9 Å². The highest BCUT2D eigenvalue weighted by molar-refractivity contribution is 5.99. The fourth-order valence-corrected chi connectivity index (χ4v) is 3.58. The SMILES string of the molecule is CC(=O)Nc1ccc(NC(=O)[C@H]2CCCN2c2ncnc3ccccc23)cc1. The third-order valence-electron chi connectivity index (χ3n) is 4.82. The van der Waals surface area contributed by atoms with E-state index in [9.17, 15) is 9.59 Å². The number of hydrogen-bond acceptors (Lipinski definition) is 5. The molecule has 0 aliphatic carbocycles. The lowest BCUT2D eigenvalue weighted by atomic mass is 10.1. The number of benzene rings is 2. The number of hydrogen-bond donors (Lipinski definition) is 2. The largest absolute Gasteiger partial charge is 0.344 e. The van der Waals surface area contributed by atoms with Crippen LogP contribution < -0.4 is 15.5 Å². The molecular formula is C21H21N5O2. The van der Waals surface area contributed by atoms with Crippen LogP contribution in [0.25, 0.3) is 10.9 Å². The molecule has 3 aromatic rings. The molecule has 7 nitrogen and oxygen atoms in total. The van der Waals surface area contributed by atoms with E-state index >= 15 is 0 Å². The maximum absolute atomic E-state index is 12.9. The van der Waals surface area contributed by atoms with Crippen molar-refractivity contribution in [1.82, 2.24) is 9.97 Å². The molecule has 2 aromatic carbocycles. The van der Waals surface area contributed by atoms with Crippen LogP contribution in [0.15, 0.2) is 54.9 Å². The van der Waals surface area contributed by atoms with Crippen molar-refractivity contribution in [2.75, 3.05) is 22.1 Å². The first kappa shape index (κ1) is 17.9. The van der Waals surface area contributed by atoms with Crippen LogP contribution in [0.1, 0.15) is 19.8 Å². The molecule has 1 fully saturated rings. The summed E-state index contributed by atoms with van der Waals surface area (Å²) in [6, 6.07) is 14.6. The number of para-hydroxylation sites is 1.